The SMILES string of the molecule is CCCC1C(=O)NCCN1C(=O)c1cn(-c2ccc3c(c2)C(=O)N(C2CCC(=O)NC2=O)C3)nn1. The van der Waals surface area contributed by atoms with Gasteiger partial charge in [-0.15, -0.1) is 5.10 Å². The number of imide groups is 1. The van der Waals surface area contributed by atoms with E-state index in [1.54, 1.807) is 18.2 Å². The fraction of sp³-hybridized carbons (Fsp3) is 0.435. The van der Waals surface area contributed by atoms with Gasteiger partial charge in [0.15, 0.2) is 5.69 Å². The Kier molecular flexibility index (Phi) is 5.79. The minimum absolute atomic E-state index is 0.109. The lowest BCUT2D eigenvalue weighted by atomic mass is 10.0. The Morgan fingerprint density at radius 2 is 2.00 bits per heavy atom. The lowest BCUT2D eigenvalue weighted by Crippen LogP contribution is -2.57. The van der Waals surface area contributed by atoms with E-state index in [-0.39, 0.29) is 42.3 Å². The second-order valence-electron chi connectivity index (χ2n) is 8.88. The number of rotatable bonds is 5. The standard InChI is InChI=1S/C23H25N7O5/c1-2-3-17-20(32)24-8-9-28(17)23(35)16-12-30(27-26-16)14-5-4-13-11-29(22(34)15(13)10-14)18-6-7-19(31)25-21(18)33/h4-5,10,12,17-18H,2-3,6-9,11H2,1H3,(H,24,32)(H,25,31,33). The fourth-order valence-electron chi connectivity index (χ4n) is 4.84. The quantitative estimate of drug-likeness (QED) is 0.563. The molecule has 1 aromatic heterocycles. The number of aromatic nitrogens is 3. The van der Waals surface area contributed by atoms with Gasteiger partial charge in [-0.3, -0.25) is 29.3 Å². The number of benzene rings is 1. The van der Waals surface area contributed by atoms with E-state index >= 15 is 0 Å². The Morgan fingerprint density at radius 3 is 2.77 bits per heavy atom. The Labute approximate surface area is 200 Å². The number of piperidine rings is 1. The number of carbonyl (C=O) groups excluding carboxylic acids is 5. The van der Waals surface area contributed by atoms with Crippen LogP contribution in [0.25, 0.3) is 5.69 Å². The molecule has 5 rings (SSSR count). The molecule has 12 nitrogen and oxygen atoms in total. The zero-order chi connectivity index (χ0) is 24.7. The van der Waals surface area contributed by atoms with Crippen LogP contribution in [0.4, 0.5) is 0 Å². The van der Waals surface area contributed by atoms with Crippen LogP contribution in [-0.2, 0) is 20.9 Å². The first-order chi connectivity index (χ1) is 16.9. The Balaban J connectivity index is 1.35. The predicted octanol–water partition coefficient (Wildman–Crippen LogP) is -0.231. The number of carbonyl (C=O) groups is 5. The first-order valence-corrected chi connectivity index (χ1v) is 11.7. The van der Waals surface area contributed by atoms with E-state index in [0.29, 0.717) is 37.2 Å². The van der Waals surface area contributed by atoms with E-state index in [4.69, 9.17) is 0 Å². The summed E-state index contributed by atoms with van der Waals surface area (Å²) in [6, 6.07) is 3.97. The number of piperazine rings is 1. The number of nitrogens with one attached hydrogen (secondary N) is 2. The molecule has 2 atom stereocenters. The molecule has 182 valence electrons. The number of hydrogen-bond acceptors (Lipinski definition) is 7. The molecule has 35 heavy (non-hydrogen) atoms. The van der Waals surface area contributed by atoms with Gasteiger partial charge < -0.3 is 15.1 Å². The van der Waals surface area contributed by atoms with Crippen LogP contribution in [0.1, 0.15) is 59.0 Å². The number of nitrogens with zero attached hydrogens (tertiary/aromatic N) is 5. The van der Waals surface area contributed by atoms with Gasteiger partial charge in [0.25, 0.3) is 11.8 Å². The molecule has 0 aliphatic carbocycles. The summed E-state index contributed by atoms with van der Waals surface area (Å²) < 4.78 is 1.41. The number of hydrogen-bond donors (Lipinski definition) is 2. The van der Waals surface area contributed by atoms with Crippen LogP contribution in [0, 0.1) is 0 Å². The number of amides is 5. The van der Waals surface area contributed by atoms with Crippen molar-refractivity contribution in [2.45, 2.75) is 51.2 Å². The molecule has 0 radical (unpaired) electrons. The maximum Gasteiger partial charge on any atom is 0.276 e. The van der Waals surface area contributed by atoms with Crippen molar-refractivity contribution in [3.63, 3.8) is 0 Å². The average Bonchev–Trinajstić information content (AvgIpc) is 3.45. The highest BCUT2D eigenvalue weighted by Crippen LogP contribution is 2.29. The first kappa shape index (κ1) is 22.7. The summed E-state index contributed by atoms with van der Waals surface area (Å²) in [5, 5.41) is 13.2. The minimum Gasteiger partial charge on any atom is -0.353 e. The smallest absolute Gasteiger partial charge is 0.276 e. The highest BCUT2D eigenvalue weighted by atomic mass is 16.2. The van der Waals surface area contributed by atoms with E-state index in [2.05, 4.69) is 20.9 Å². The van der Waals surface area contributed by atoms with Gasteiger partial charge in [-0.1, -0.05) is 24.6 Å². The monoisotopic (exact) mass is 479 g/mol. The molecular weight excluding hydrogens is 454 g/mol. The molecule has 0 saturated carbocycles. The minimum atomic E-state index is -0.690. The normalized spacial score (nSPS) is 22.2. The van der Waals surface area contributed by atoms with Crippen LogP contribution in [0.3, 0.4) is 0 Å². The molecular formula is C23H25N7O5. The molecule has 5 amide bonds. The van der Waals surface area contributed by atoms with E-state index in [1.807, 2.05) is 6.92 Å². The van der Waals surface area contributed by atoms with Gasteiger partial charge in [-0.2, -0.15) is 0 Å². The second-order valence-corrected chi connectivity index (χ2v) is 8.88. The molecule has 4 heterocycles. The second kappa shape index (κ2) is 8.93. The first-order valence-electron chi connectivity index (χ1n) is 11.7. The van der Waals surface area contributed by atoms with Crippen LogP contribution < -0.4 is 10.6 Å². The molecule has 2 aromatic rings. The van der Waals surface area contributed by atoms with Gasteiger partial charge >= 0.3 is 0 Å². The maximum absolute atomic E-state index is 13.1. The van der Waals surface area contributed by atoms with Crippen LogP contribution in [0.15, 0.2) is 24.4 Å². The summed E-state index contributed by atoms with van der Waals surface area (Å²) in [5.41, 5.74) is 1.85. The summed E-state index contributed by atoms with van der Waals surface area (Å²) in [6.45, 7) is 3.01. The van der Waals surface area contributed by atoms with E-state index in [0.717, 1.165) is 12.0 Å². The number of fused-ring (bicyclic) bond motifs is 1. The third kappa shape index (κ3) is 4.04. The zero-order valence-corrected chi connectivity index (χ0v) is 19.2. The van der Waals surface area contributed by atoms with Crippen molar-refractivity contribution in [2.24, 2.45) is 0 Å². The van der Waals surface area contributed by atoms with Gasteiger partial charge in [0, 0.05) is 31.6 Å². The Bertz CT molecular complexity index is 1240. The van der Waals surface area contributed by atoms with Gasteiger partial charge in [0.1, 0.15) is 12.1 Å². The van der Waals surface area contributed by atoms with Crippen molar-refractivity contribution in [3.8, 4) is 5.69 Å². The van der Waals surface area contributed by atoms with Crippen LogP contribution >= 0.6 is 0 Å². The summed E-state index contributed by atoms with van der Waals surface area (Å²) >= 11 is 0. The molecule has 3 aliphatic rings. The molecule has 2 fully saturated rings. The molecule has 0 bridgehead atoms. The lowest BCUT2D eigenvalue weighted by molar-refractivity contribution is -0.137. The molecule has 12 heteroatoms. The van der Waals surface area contributed by atoms with Crippen molar-refractivity contribution >= 4 is 29.5 Å². The molecule has 3 aliphatic heterocycles. The van der Waals surface area contributed by atoms with Crippen LogP contribution in [0.2, 0.25) is 0 Å². The van der Waals surface area contributed by atoms with E-state index in [9.17, 15) is 24.0 Å². The lowest BCUT2D eigenvalue weighted by Gasteiger charge is -2.34. The van der Waals surface area contributed by atoms with Crippen molar-refractivity contribution < 1.29 is 24.0 Å². The highest BCUT2D eigenvalue weighted by Gasteiger charge is 2.39. The Hall–Kier alpha value is -4.09. The van der Waals surface area contributed by atoms with E-state index in [1.165, 1.54) is 20.7 Å². The van der Waals surface area contributed by atoms with E-state index < -0.39 is 18.0 Å². The third-order valence-corrected chi connectivity index (χ3v) is 6.64. The summed E-state index contributed by atoms with van der Waals surface area (Å²) in [7, 11) is 0. The summed E-state index contributed by atoms with van der Waals surface area (Å²) in [6.07, 6.45) is 3.28. The van der Waals surface area contributed by atoms with Crippen molar-refractivity contribution in [1.82, 2.24) is 35.4 Å². The van der Waals surface area contributed by atoms with Crippen molar-refractivity contribution in [1.29, 1.82) is 0 Å². The molecule has 1 aromatic carbocycles. The Morgan fingerprint density at radius 1 is 1.17 bits per heavy atom. The van der Waals surface area contributed by atoms with Gasteiger partial charge in [0.2, 0.25) is 17.7 Å². The summed E-state index contributed by atoms with van der Waals surface area (Å²) in [5.74, 6) is -1.63. The fourth-order valence-corrected chi connectivity index (χ4v) is 4.84. The maximum atomic E-state index is 13.1. The largest absolute Gasteiger partial charge is 0.353 e. The van der Waals surface area contributed by atoms with Crippen LogP contribution in [-0.4, -0.2) is 79.5 Å². The molecule has 2 saturated heterocycles. The molecule has 0 spiro atoms. The molecule has 2 N–H and O–H groups in total. The summed E-state index contributed by atoms with van der Waals surface area (Å²) in [4.78, 5) is 65.1. The zero-order valence-electron chi connectivity index (χ0n) is 19.2. The van der Waals surface area contributed by atoms with Gasteiger partial charge in [-0.05, 0) is 30.5 Å². The topological polar surface area (TPSA) is 147 Å². The molecule has 2 unspecified atom stereocenters. The van der Waals surface area contributed by atoms with Gasteiger partial charge in [-0.25, -0.2) is 4.68 Å². The van der Waals surface area contributed by atoms with Crippen LogP contribution in [0.5, 0.6) is 0 Å². The van der Waals surface area contributed by atoms with Crippen molar-refractivity contribution in [3.05, 3.63) is 41.2 Å². The van der Waals surface area contributed by atoms with Gasteiger partial charge in [0.05, 0.1) is 11.9 Å². The predicted molar refractivity (Wildman–Crippen MR) is 120 cm³/mol. The average molecular weight is 479 g/mol. The van der Waals surface area contributed by atoms with Crippen molar-refractivity contribution in [2.75, 3.05) is 13.1 Å². The third-order valence-electron chi connectivity index (χ3n) is 6.64. The highest BCUT2D eigenvalue weighted by molar-refractivity contribution is 6.05.